The number of methoxy groups -OCH3 is 1. The molecular weight excluding hydrogens is 510 g/mol. The van der Waals surface area contributed by atoms with Gasteiger partial charge in [0.1, 0.15) is 5.75 Å². The number of benzene rings is 3. The van der Waals surface area contributed by atoms with Crippen molar-refractivity contribution < 1.29 is 27.5 Å². The van der Waals surface area contributed by atoms with Crippen LogP contribution in [0.3, 0.4) is 0 Å². The molecule has 0 fully saturated rings. The van der Waals surface area contributed by atoms with Gasteiger partial charge in [-0.2, -0.15) is 5.10 Å². The number of carbonyl (C=O) groups excluding carboxylic acids is 2. The summed E-state index contributed by atoms with van der Waals surface area (Å²) < 4.78 is 35.1. The van der Waals surface area contributed by atoms with E-state index in [4.69, 9.17) is 14.6 Å². The molecule has 11 nitrogen and oxygen atoms in total. The van der Waals surface area contributed by atoms with Gasteiger partial charge in [0.05, 0.1) is 47.4 Å². The van der Waals surface area contributed by atoms with Crippen LogP contribution in [0.25, 0.3) is 16.9 Å². The van der Waals surface area contributed by atoms with Crippen LogP contribution in [0.5, 0.6) is 5.75 Å². The number of carbonyl (C=O) groups is 2. The number of esters is 1. The normalized spacial score (nSPS) is 11.0. The summed E-state index contributed by atoms with van der Waals surface area (Å²) in [5.74, 6) is 0.202. The summed E-state index contributed by atoms with van der Waals surface area (Å²) in [4.78, 5) is 24.6. The number of urea groups is 1. The third-order valence-electron chi connectivity index (χ3n) is 5.44. The zero-order valence-corrected chi connectivity index (χ0v) is 21.4. The molecule has 1 aromatic heterocycles. The molecule has 0 bridgehead atoms. The first-order chi connectivity index (χ1) is 18.2. The number of ether oxygens (including phenoxy) is 2. The molecule has 0 atom stereocenters. The molecule has 12 heteroatoms. The Labute approximate surface area is 219 Å². The van der Waals surface area contributed by atoms with Crippen LogP contribution >= 0.6 is 0 Å². The maximum absolute atomic E-state index is 12.8. The lowest BCUT2D eigenvalue weighted by Gasteiger charge is -2.13. The summed E-state index contributed by atoms with van der Waals surface area (Å²) >= 11 is 0. The van der Waals surface area contributed by atoms with E-state index in [2.05, 4.69) is 15.7 Å². The Morgan fingerprint density at radius 1 is 0.947 bits per heavy atom. The van der Waals surface area contributed by atoms with Crippen molar-refractivity contribution in [2.45, 2.75) is 11.8 Å². The molecule has 0 saturated carbocycles. The average molecular weight is 536 g/mol. The highest BCUT2D eigenvalue weighted by atomic mass is 32.2. The van der Waals surface area contributed by atoms with E-state index in [9.17, 15) is 18.0 Å². The van der Waals surface area contributed by atoms with Gasteiger partial charge in [0.25, 0.3) is 0 Å². The predicted molar refractivity (Wildman–Crippen MR) is 142 cm³/mol. The minimum atomic E-state index is -3.86. The van der Waals surface area contributed by atoms with Gasteiger partial charge in [-0.15, -0.1) is 0 Å². The first-order valence-corrected chi connectivity index (χ1v) is 12.9. The smallest absolute Gasteiger partial charge is 0.338 e. The first kappa shape index (κ1) is 26.4. The number of anilines is 2. The third kappa shape index (κ3) is 5.99. The van der Waals surface area contributed by atoms with E-state index in [1.807, 2.05) is 12.1 Å². The van der Waals surface area contributed by atoms with Crippen molar-refractivity contribution in [3.05, 3.63) is 84.6 Å². The summed E-state index contributed by atoms with van der Waals surface area (Å²) in [6.07, 6.45) is 1.48. The van der Waals surface area contributed by atoms with Crippen molar-refractivity contribution in [1.82, 2.24) is 9.78 Å². The second kappa shape index (κ2) is 11.2. The summed E-state index contributed by atoms with van der Waals surface area (Å²) in [5.41, 5.74) is 3.04. The Bertz CT molecular complexity index is 1550. The number of aromatic nitrogens is 2. The SMILES string of the molecule is CCOC(=O)c1ccc(NC(=O)Nc2cnn(-c3ccc(S(N)(=O)=O)cc3)c2-c2ccc(OC)cc2)cc1. The quantitative estimate of drug-likeness (QED) is 0.288. The maximum atomic E-state index is 12.8. The fourth-order valence-electron chi connectivity index (χ4n) is 3.63. The number of hydrogen-bond donors (Lipinski definition) is 3. The van der Waals surface area contributed by atoms with Crippen molar-refractivity contribution in [3.8, 4) is 22.7 Å². The van der Waals surface area contributed by atoms with E-state index in [-0.39, 0.29) is 11.5 Å². The molecule has 0 spiro atoms. The number of hydrogen-bond acceptors (Lipinski definition) is 7. The predicted octanol–water partition coefficient (Wildman–Crippen LogP) is 4.02. The van der Waals surface area contributed by atoms with Crippen LogP contribution in [-0.4, -0.2) is 43.9 Å². The van der Waals surface area contributed by atoms with Crippen LogP contribution in [0.4, 0.5) is 16.2 Å². The highest BCUT2D eigenvalue weighted by molar-refractivity contribution is 7.89. The molecule has 4 N–H and O–H groups in total. The Morgan fingerprint density at radius 3 is 2.18 bits per heavy atom. The van der Waals surface area contributed by atoms with Gasteiger partial charge in [0.15, 0.2) is 0 Å². The molecule has 3 aromatic carbocycles. The zero-order chi connectivity index (χ0) is 27.3. The van der Waals surface area contributed by atoms with E-state index in [0.717, 1.165) is 0 Å². The van der Waals surface area contributed by atoms with Crippen molar-refractivity contribution in [1.29, 1.82) is 0 Å². The molecule has 0 aliphatic heterocycles. The van der Waals surface area contributed by atoms with E-state index in [1.165, 1.54) is 18.3 Å². The van der Waals surface area contributed by atoms with Gasteiger partial charge in [-0.3, -0.25) is 0 Å². The van der Waals surface area contributed by atoms with Crippen molar-refractivity contribution >= 4 is 33.4 Å². The summed E-state index contributed by atoms with van der Waals surface area (Å²) in [6.45, 7) is 1.99. The number of nitrogens with one attached hydrogen (secondary N) is 2. The lowest BCUT2D eigenvalue weighted by atomic mass is 10.1. The van der Waals surface area contributed by atoms with E-state index < -0.39 is 22.0 Å². The number of sulfonamides is 1. The van der Waals surface area contributed by atoms with Crippen LogP contribution in [0.2, 0.25) is 0 Å². The zero-order valence-electron chi connectivity index (χ0n) is 20.5. The molecule has 0 saturated heterocycles. The van der Waals surface area contributed by atoms with Crippen LogP contribution in [0, 0.1) is 0 Å². The summed E-state index contributed by atoms with van der Waals surface area (Å²) in [7, 11) is -2.30. The molecule has 2 amide bonds. The van der Waals surface area contributed by atoms with Gasteiger partial charge in [-0.1, -0.05) is 0 Å². The van der Waals surface area contributed by atoms with Gasteiger partial charge in [-0.05, 0) is 79.7 Å². The molecule has 0 unspecified atom stereocenters. The minimum absolute atomic E-state index is 0.0360. The summed E-state index contributed by atoms with van der Waals surface area (Å²) in [5, 5.41) is 15.1. The second-order valence-corrected chi connectivity index (χ2v) is 9.52. The van der Waals surface area contributed by atoms with Crippen LogP contribution in [-0.2, 0) is 14.8 Å². The molecule has 0 radical (unpaired) electrons. The minimum Gasteiger partial charge on any atom is -0.497 e. The molecule has 196 valence electrons. The Kier molecular flexibility index (Phi) is 7.74. The highest BCUT2D eigenvalue weighted by Crippen LogP contribution is 2.32. The van der Waals surface area contributed by atoms with Crippen LogP contribution < -0.4 is 20.5 Å². The Hall–Kier alpha value is -4.68. The molecule has 0 aliphatic carbocycles. The Morgan fingerprint density at radius 2 is 1.61 bits per heavy atom. The number of nitrogens with two attached hydrogens (primary N) is 1. The van der Waals surface area contributed by atoms with Gasteiger partial charge in [0.2, 0.25) is 10.0 Å². The van der Waals surface area contributed by atoms with Crippen LogP contribution in [0.1, 0.15) is 17.3 Å². The van der Waals surface area contributed by atoms with Gasteiger partial charge in [-0.25, -0.2) is 27.8 Å². The van der Waals surface area contributed by atoms with E-state index >= 15 is 0 Å². The molecule has 4 rings (SSSR count). The van der Waals surface area contributed by atoms with E-state index in [1.54, 1.807) is 67.2 Å². The van der Waals surface area contributed by atoms with Gasteiger partial charge in [0, 0.05) is 11.3 Å². The molecule has 4 aromatic rings. The van der Waals surface area contributed by atoms with Crippen molar-refractivity contribution in [2.75, 3.05) is 24.4 Å². The largest absolute Gasteiger partial charge is 0.497 e. The maximum Gasteiger partial charge on any atom is 0.338 e. The molecule has 1 heterocycles. The topological polar surface area (TPSA) is 155 Å². The first-order valence-electron chi connectivity index (χ1n) is 11.4. The van der Waals surface area contributed by atoms with Gasteiger partial charge >= 0.3 is 12.0 Å². The number of rotatable bonds is 8. The number of nitrogens with zero attached hydrogens (tertiary/aromatic N) is 2. The van der Waals surface area contributed by atoms with Gasteiger partial charge < -0.3 is 20.1 Å². The lowest BCUT2D eigenvalue weighted by molar-refractivity contribution is 0.0526. The third-order valence-corrected chi connectivity index (χ3v) is 6.37. The van der Waals surface area contributed by atoms with Crippen LogP contribution in [0.15, 0.2) is 83.9 Å². The monoisotopic (exact) mass is 535 g/mol. The highest BCUT2D eigenvalue weighted by Gasteiger charge is 2.18. The van der Waals surface area contributed by atoms with Crippen molar-refractivity contribution in [3.63, 3.8) is 0 Å². The molecule has 38 heavy (non-hydrogen) atoms. The standard InChI is InChI=1S/C26H25N5O6S/c1-3-37-25(32)18-4-8-19(9-5-18)29-26(33)30-23-16-28-31(20-10-14-22(15-11-20)38(27,34)35)24(23)17-6-12-21(36-2)13-7-17/h4-16H,3H2,1-2H3,(H2,27,34,35)(H2,29,30,33). The van der Waals surface area contributed by atoms with E-state index in [0.29, 0.717) is 39.6 Å². The summed E-state index contributed by atoms with van der Waals surface area (Å²) in [6, 6.07) is 18.8. The lowest BCUT2D eigenvalue weighted by Crippen LogP contribution is -2.19. The number of primary sulfonamides is 1. The second-order valence-electron chi connectivity index (χ2n) is 7.96. The fourth-order valence-corrected chi connectivity index (χ4v) is 4.14. The molecular formula is C26H25N5O6S. The van der Waals surface area contributed by atoms with Crippen molar-refractivity contribution in [2.24, 2.45) is 5.14 Å². The fraction of sp³-hybridized carbons (Fsp3) is 0.115. The average Bonchev–Trinajstić information content (AvgIpc) is 3.32. The number of amides is 2. The Balaban J connectivity index is 1.63. The molecule has 0 aliphatic rings.